The molecule has 0 bridgehead atoms. The maximum absolute atomic E-state index is 10.6. The molecule has 1 atom stereocenters. The summed E-state index contributed by atoms with van der Waals surface area (Å²) in [6, 6.07) is 0. The number of aromatic nitrogens is 1. The predicted molar refractivity (Wildman–Crippen MR) is 53.3 cm³/mol. The zero-order chi connectivity index (χ0) is 10.1. The Morgan fingerprint density at radius 2 is 2.50 bits per heavy atom. The largest absolute Gasteiger partial charge is 0.446 e. The molecule has 1 heterocycles. The first-order valence-electron chi connectivity index (χ1n) is 4.56. The average molecular weight is 212 g/mol. The summed E-state index contributed by atoms with van der Waals surface area (Å²) in [4.78, 5) is 16.2. The van der Waals surface area contributed by atoms with Crippen molar-refractivity contribution < 1.29 is 9.53 Å². The van der Waals surface area contributed by atoms with Crippen molar-refractivity contribution in [1.29, 1.82) is 0 Å². The summed E-state index contributed by atoms with van der Waals surface area (Å²) in [5.74, 6) is 0. The second kappa shape index (κ2) is 3.57. The number of nitrogens with two attached hydrogens (primary N) is 1. The van der Waals surface area contributed by atoms with Crippen LogP contribution in [0.1, 0.15) is 22.0 Å². The van der Waals surface area contributed by atoms with Gasteiger partial charge in [-0.3, -0.25) is 0 Å². The summed E-state index contributed by atoms with van der Waals surface area (Å²) in [5.41, 5.74) is 6.14. The maximum atomic E-state index is 10.6. The highest BCUT2D eigenvalue weighted by Crippen LogP contribution is 2.27. The van der Waals surface area contributed by atoms with Gasteiger partial charge in [-0.1, -0.05) is 0 Å². The number of aryl methyl sites for hydroxylation is 2. The maximum Gasteiger partial charge on any atom is 0.404 e. The molecule has 2 N–H and O–H groups in total. The van der Waals surface area contributed by atoms with Gasteiger partial charge in [-0.2, -0.15) is 0 Å². The fraction of sp³-hybridized carbons (Fsp3) is 0.556. The number of carbonyl (C=O) groups excluding carboxylic acids is 1. The molecule has 0 spiro atoms. The van der Waals surface area contributed by atoms with E-state index in [0.29, 0.717) is 0 Å². The van der Waals surface area contributed by atoms with Gasteiger partial charge in [0.1, 0.15) is 6.10 Å². The van der Waals surface area contributed by atoms with E-state index in [-0.39, 0.29) is 6.10 Å². The Labute approximate surface area is 86.1 Å². The Balaban J connectivity index is 2.09. The van der Waals surface area contributed by atoms with Gasteiger partial charge in [0.2, 0.25) is 0 Å². The van der Waals surface area contributed by atoms with Crippen LogP contribution in [0.4, 0.5) is 4.79 Å². The lowest BCUT2D eigenvalue weighted by atomic mass is 10.0. The number of hydrogen-bond acceptors (Lipinski definition) is 4. The molecule has 5 heteroatoms. The zero-order valence-electron chi connectivity index (χ0n) is 7.95. The minimum Gasteiger partial charge on any atom is -0.446 e. The number of amides is 1. The van der Waals surface area contributed by atoms with Crippen LogP contribution in [0.2, 0.25) is 0 Å². The fourth-order valence-corrected chi connectivity index (χ4v) is 2.79. The van der Waals surface area contributed by atoms with Crippen LogP contribution in [-0.2, 0) is 17.6 Å². The molecule has 0 fully saturated rings. The summed E-state index contributed by atoms with van der Waals surface area (Å²) in [6.45, 7) is 1.99. The molecule has 0 saturated carbocycles. The second-order valence-corrected chi connectivity index (χ2v) is 4.69. The highest BCUT2D eigenvalue weighted by molar-refractivity contribution is 7.11. The summed E-state index contributed by atoms with van der Waals surface area (Å²) in [5, 5.41) is 1.08. The molecule has 76 valence electrons. The fourth-order valence-electron chi connectivity index (χ4n) is 1.74. The average Bonchev–Trinajstić information content (AvgIpc) is 2.42. The molecule has 0 aromatic carbocycles. The molecule has 1 unspecified atom stereocenters. The van der Waals surface area contributed by atoms with Crippen LogP contribution in [0.15, 0.2) is 0 Å². The Morgan fingerprint density at radius 1 is 1.71 bits per heavy atom. The molecule has 4 nitrogen and oxygen atoms in total. The van der Waals surface area contributed by atoms with Gasteiger partial charge in [0.15, 0.2) is 0 Å². The van der Waals surface area contributed by atoms with E-state index in [4.69, 9.17) is 10.5 Å². The van der Waals surface area contributed by atoms with Crippen molar-refractivity contribution in [3.63, 3.8) is 0 Å². The van der Waals surface area contributed by atoms with Crippen LogP contribution in [0, 0.1) is 6.92 Å². The van der Waals surface area contributed by atoms with E-state index in [1.165, 1.54) is 4.88 Å². The molecule has 0 radical (unpaired) electrons. The number of rotatable bonds is 1. The van der Waals surface area contributed by atoms with Crippen molar-refractivity contribution in [3.8, 4) is 0 Å². The van der Waals surface area contributed by atoms with Crippen molar-refractivity contribution in [1.82, 2.24) is 4.98 Å². The van der Waals surface area contributed by atoms with Gasteiger partial charge < -0.3 is 10.5 Å². The van der Waals surface area contributed by atoms with Gasteiger partial charge in [0, 0.05) is 11.3 Å². The van der Waals surface area contributed by atoms with E-state index in [1.54, 1.807) is 11.3 Å². The summed E-state index contributed by atoms with van der Waals surface area (Å²) in [7, 11) is 0. The third-order valence-electron chi connectivity index (χ3n) is 2.28. The lowest BCUT2D eigenvalue weighted by Crippen LogP contribution is -2.27. The molecule has 1 aliphatic carbocycles. The van der Waals surface area contributed by atoms with E-state index in [9.17, 15) is 4.79 Å². The number of ether oxygens (including phenoxy) is 1. The van der Waals surface area contributed by atoms with E-state index >= 15 is 0 Å². The molecule has 1 aliphatic rings. The standard InChI is InChI=1S/C9H12N2O2S/c1-5-11-7-3-2-6(13-9(10)12)4-8(7)14-5/h6H,2-4H2,1H3,(H2,10,12). The molecule has 1 amide bonds. The molecular weight excluding hydrogens is 200 g/mol. The van der Waals surface area contributed by atoms with Gasteiger partial charge in [-0.15, -0.1) is 11.3 Å². The minimum absolute atomic E-state index is 0.0557. The van der Waals surface area contributed by atoms with Gasteiger partial charge >= 0.3 is 6.09 Å². The van der Waals surface area contributed by atoms with Crippen molar-refractivity contribution in [3.05, 3.63) is 15.6 Å². The Bertz CT molecular complexity index is 362. The van der Waals surface area contributed by atoms with Gasteiger partial charge in [0.05, 0.1) is 10.7 Å². The summed E-state index contributed by atoms with van der Waals surface area (Å²) >= 11 is 1.68. The van der Waals surface area contributed by atoms with Crippen LogP contribution < -0.4 is 5.73 Å². The molecule has 14 heavy (non-hydrogen) atoms. The topological polar surface area (TPSA) is 65.2 Å². The molecule has 0 aliphatic heterocycles. The van der Waals surface area contributed by atoms with Crippen molar-refractivity contribution >= 4 is 17.4 Å². The van der Waals surface area contributed by atoms with E-state index < -0.39 is 6.09 Å². The first-order valence-corrected chi connectivity index (χ1v) is 5.38. The molecule has 0 saturated heterocycles. The SMILES string of the molecule is Cc1nc2c(s1)CC(OC(N)=O)CC2. The highest BCUT2D eigenvalue weighted by Gasteiger charge is 2.23. The number of nitrogens with zero attached hydrogens (tertiary/aromatic N) is 1. The number of fused-ring (bicyclic) bond motifs is 1. The summed E-state index contributed by atoms with van der Waals surface area (Å²) < 4.78 is 4.98. The van der Waals surface area contributed by atoms with Crippen molar-refractivity contribution in [2.45, 2.75) is 32.3 Å². The number of primary amides is 1. The Hall–Kier alpha value is -1.10. The monoisotopic (exact) mass is 212 g/mol. The lowest BCUT2D eigenvalue weighted by Gasteiger charge is -2.20. The van der Waals surface area contributed by atoms with Gasteiger partial charge in [-0.05, 0) is 19.8 Å². The Kier molecular flexibility index (Phi) is 2.41. The van der Waals surface area contributed by atoms with E-state index in [2.05, 4.69) is 4.98 Å². The molecule has 1 aromatic heterocycles. The summed E-state index contributed by atoms with van der Waals surface area (Å²) in [6.07, 6.45) is 1.75. The number of thiazole rings is 1. The van der Waals surface area contributed by atoms with Crippen LogP contribution >= 0.6 is 11.3 Å². The molecule has 2 rings (SSSR count). The quantitative estimate of drug-likeness (QED) is 0.765. The van der Waals surface area contributed by atoms with Gasteiger partial charge in [0.25, 0.3) is 0 Å². The molecule has 1 aromatic rings. The highest BCUT2D eigenvalue weighted by atomic mass is 32.1. The van der Waals surface area contributed by atoms with Crippen LogP contribution in [0.25, 0.3) is 0 Å². The smallest absolute Gasteiger partial charge is 0.404 e. The Morgan fingerprint density at radius 3 is 3.21 bits per heavy atom. The predicted octanol–water partition coefficient (Wildman–Crippen LogP) is 1.40. The third-order valence-corrected chi connectivity index (χ3v) is 3.32. The third kappa shape index (κ3) is 1.87. The minimum atomic E-state index is -0.681. The second-order valence-electron chi connectivity index (χ2n) is 3.40. The first kappa shape index (κ1) is 9.45. The normalized spacial score (nSPS) is 20.2. The van der Waals surface area contributed by atoms with Crippen molar-refractivity contribution in [2.75, 3.05) is 0 Å². The zero-order valence-corrected chi connectivity index (χ0v) is 8.76. The van der Waals surface area contributed by atoms with Crippen LogP contribution in [0.3, 0.4) is 0 Å². The van der Waals surface area contributed by atoms with E-state index in [0.717, 1.165) is 30.0 Å². The van der Waals surface area contributed by atoms with E-state index in [1.807, 2.05) is 6.92 Å². The van der Waals surface area contributed by atoms with Gasteiger partial charge in [-0.25, -0.2) is 9.78 Å². The number of carbonyl (C=O) groups is 1. The van der Waals surface area contributed by atoms with Crippen molar-refractivity contribution in [2.24, 2.45) is 5.73 Å². The van der Waals surface area contributed by atoms with Crippen LogP contribution in [0.5, 0.6) is 0 Å². The molecular formula is C9H12N2O2S. The first-order chi connectivity index (χ1) is 6.65. The number of hydrogen-bond donors (Lipinski definition) is 1. The lowest BCUT2D eigenvalue weighted by molar-refractivity contribution is 0.0983. The van der Waals surface area contributed by atoms with Crippen LogP contribution in [-0.4, -0.2) is 17.2 Å².